The molecule has 1 saturated heterocycles. The Bertz CT molecular complexity index is 493. The van der Waals surface area contributed by atoms with Crippen LogP contribution in [-0.2, 0) is 19.2 Å². The SMILES string of the molecule is CC(C)[C@H](N)C(=O)N1CCC[C@H]1C(=O)N[C@@H](CC(=O)O)C(=O)O. The van der Waals surface area contributed by atoms with Crippen LogP contribution in [-0.4, -0.2) is 63.5 Å². The maximum Gasteiger partial charge on any atom is 0.326 e. The van der Waals surface area contributed by atoms with Crippen LogP contribution in [0.4, 0.5) is 0 Å². The number of amides is 2. The maximum absolute atomic E-state index is 12.3. The Labute approximate surface area is 133 Å². The molecule has 1 aliphatic heterocycles. The summed E-state index contributed by atoms with van der Waals surface area (Å²) in [7, 11) is 0. The van der Waals surface area contributed by atoms with Gasteiger partial charge >= 0.3 is 11.9 Å². The van der Waals surface area contributed by atoms with Crippen molar-refractivity contribution in [2.45, 2.75) is 51.2 Å². The Morgan fingerprint density at radius 3 is 2.35 bits per heavy atom. The Balaban J connectivity index is 2.79. The van der Waals surface area contributed by atoms with Crippen molar-refractivity contribution in [1.82, 2.24) is 10.2 Å². The van der Waals surface area contributed by atoms with Crippen molar-refractivity contribution < 1.29 is 29.4 Å². The number of rotatable bonds is 7. The van der Waals surface area contributed by atoms with E-state index in [1.807, 2.05) is 0 Å². The first-order chi connectivity index (χ1) is 10.6. The molecule has 0 unspecified atom stereocenters. The first-order valence-corrected chi connectivity index (χ1v) is 7.46. The molecule has 0 aromatic heterocycles. The van der Waals surface area contributed by atoms with Gasteiger partial charge in [-0.3, -0.25) is 14.4 Å². The zero-order chi connectivity index (χ0) is 17.7. The minimum Gasteiger partial charge on any atom is -0.481 e. The van der Waals surface area contributed by atoms with Crippen LogP contribution in [0.1, 0.15) is 33.1 Å². The number of nitrogens with two attached hydrogens (primary N) is 1. The van der Waals surface area contributed by atoms with Gasteiger partial charge < -0.3 is 26.2 Å². The molecule has 0 radical (unpaired) electrons. The number of hydrogen-bond donors (Lipinski definition) is 4. The molecule has 0 spiro atoms. The third-order valence-corrected chi connectivity index (χ3v) is 3.84. The summed E-state index contributed by atoms with van der Waals surface area (Å²) in [4.78, 5) is 47.6. The zero-order valence-electron chi connectivity index (χ0n) is 13.2. The normalized spacial score (nSPS) is 20.2. The summed E-state index contributed by atoms with van der Waals surface area (Å²) in [5.74, 6) is -3.89. The topological polar surface area (TPSA) is 150 Å². The second-order valence-electron chi connectivity index (χ2n) is 5.96. The van der Waals surface area contributed by atoms with Crippen LogP contribution in [0.3, 0.4) is 0 Å². The van der Waals surface area contributed by atoms with Gasteiger partial charge in [-0.05, 0) is 18.8 Å². The van der Waals surface area contributed by atoms with E-state index >= 15 is 0 Å². The molecule has 0 saturated carbocycles. The number of carbonyl (C=O) groups excluding carboxylic acids is 2. The Hall–Kier alpha value is -2.16. The van der Waals surface area contributed by atoms with E-state index in [9.17, 15) is 19.2 Å². The highest BCUT2D eigenvalue weighted by molar-refractivity contribution is 5.93. The summed E-state index contributed by atoms with van der Waals surface area (Å²) in [6.45, 7) is 3.95. The van der Waals surface area contributed by atoms with Gasteiger partial charge in [-0.25, -0.2) is 4.79 Å². The van der Waals surface area contributed by atoms with Crippen LogP contribution in [0.2, 0.25) is 0 Å². The second-order valence-corrected chi connectivity index (χ2v) is 5.96. The number of aliphatic carboxylic acids is 2. The molecule has 9 heteroatoms. The molecule has 23 heavy (non-hydrogen) atoms. The summed E-state index contributed by atoms with van der Waals surface area (Å²) in [5, 5.41) is 19.8. The van der Waals surface area contributed by atoms with Gasteiger partial charge in [0.2, 0.25) is 11.8 Å². The van der Waals surface area contributed by atoms with E-state index in [1.54, 1.807) is 13.8 Å². The van der Waals surface area contributed by atoms with Crippen LogP contribution in [0.25, 0.3) is 0 Å². The van der Waals surface area contributed by atoms with Crippen LogP contribution >= 0.6 is 0 Å². The zero-order valence-corrected chi connectivity index (χ0v) is 13.2. The summed E-state index contributed by atoms with van der Waals surface area (Å²) < 4.78 is 0. The molecule has 1 heterocycles. The standard InChI is InChI=1S/C14H23N3O6/c1-7(2)11(15)13(21)17-5-3-4-9(17)12(20)16-8(14(22)23)6-10(18)19/h7-9,11H,3-6,15H2,1-2H3,(H,16,20)(H,18,19)(H,22,23)/t8-,9-,11-/m0/s1. The molecule has 0 aromatic rings. The molecule has 130 valence electrons. The number of nitrogens with one attached hydrogen (secondary N) is 1. The molecule has 1 aliphatic rings. The fourth-order valence-corrected chi connectivity index (χ4v) is 2.42. The molecular formula is C14H23N3O6. The number of carbonyl (C=O) groups is 4. The van der Waals surface area contributed by atoms with E-state index in [4.69, 9.17) is 15.9 Å². The second kappa shape index (κ2) is 7.91. The lowest BCUT2D eigenvalue weighted by Gasteiger charge is -2.28. The number of likely N-dealkylation sites (tertiary alicyclic amines) is 1. The van der Waals surface area contributed by atoms with Crippen LogP contribution in [0.5, 0.6) is 0 Å². The van der Waals surface area contributed by atoms with Crippen molar-refractivity contribution in [2.24, 2.45) is 11.7 Å². The molecule has 9 nitrogen and oxygen atoms in total. The van der Waals surface area contributed by atoms with Gasteiger partial charge in [0.1, 0.15) is 12.1 Å². The van der Waals surface area contributed by atoms with E-state index in [2.05, 4.69) is 5.32 Å². The van der Waals surface area contributed by atoms with E-state index in [-0.39, 0.29) is 11.8 Å². The highest BCUT2D eigenvalue weighted by Crippen LogP contribution is 2.20. The molecule has 0 aromatic carbocycles. The first-order valence-electron chi connectivity index (χ1n) is 7.46. The summed E-state index contributed by atoms with van der Waals surface area (Å²) >= 11 is 0. The minimum atomic E-state index is -1.53. The van der Waals surface area contributed by atoms with E-state index in [0.717, 1.165) is 0 Å². The smallest absolute Gasteiger partial charge is 0.326 e. The van der Waals surface area contributed by atoms with Gasteiger partial charge in [-0.2, -0.15) is 0 Å². The average molecular weight is 329 g/mol. The van der Waals surface area contributed by atoms with Crippen LogP contribution < -0.4 is 11.1 Å². The van der Waals surface area contributed by atoms with Gasteiger partial charge in [0.05, 0.1) is 12.5 Å². The van der Waals surface area contributed by atoms with Crippen molar-refractivity contribution in [3.8, 4) is 0 Å². The molecule has 1 rings (SSSR count). The van der Waals surface area contributed by atoms with E-state index in [0.29, 0.717) is 19.4 Å². The van der Waals surface area contributed by atoms with Crippen molar-refractivity contribution in [1.29, 1.82) is 0 Å². The average Bonchev–Trinajstić information content (AvgIpc) is 2.93. The summed E-state index contributed by atoms with van der Waals surface area (Å²) in [6.07, 6.45) is 0.264. The molecular weight excluding hydrogens is 306 g/mol. The van der Waals surface area contributed by atoms with Gasteiger partial charge in [0, 0.05) is 6.54 Å². The fourth-order valence-electron chi connectivity index (χ4n) is 2.42. The van der Waals surface area contributed by atoms with Crippen molar-refractivity contribution in [3.05, 3.63) is 0 Å². The summed E-state index contributed by atoms with van der Waals surface area (Å²) in [5.41, 5.74) is 5.82. The lowest BCUT2D eigenvalue weighted by molar-refractivity contribution is -0.148. The van der Waals surface area contributed by atoms with Gasteiger partial charge in [0.25, 0.3) is 0 Å². The Morgan fingerprint density at radius 2 is 1.87 bits per heavy atom. The first kappa shape index (κ1) is 18.9. The van der Waals surface area contributed by atoms with Crippen molar-refractivity contribution >= 4 is 23.8 Å². The number of nitrogens with zero attached hydrogens (tertiary/aromatic N) is 1. The highest BCUT2D eigenvalue weighted by Gasteiger charge is 2.38. The predicted octanol–water partition coefficient (Wildman–Crippen LogP) is -0.995. The molecule has 0 aliphatic carbocycles. The third kappa shape index (κ3) is 4.92. The van der Waals surface area contributed by atoms with Gasteiger partial charge in [0.15, 0.2) is 0 Å². The molecule has 1 fully saturated rings. The van der Waals surface area contributed by atoms with Crippen molar-refractivity contribution in [2.75, 3.05) is 6.54 Å². The molecule has 5 N–H and O–H groups in total. The quantitative estimate of drug-likeness (QED) is 0.468. The lowest BCUT2D eigenvalue weighted by Crippen LogP contribution is -2.55. The largest absolute Gasteiger partial charge is 0.481 e. The fraction of sp³-hybridized carbons (Fsp3) is 0.714. The van der Waals surface area contributed by atoms with Gasteiger partial charge in [-0.15, -0.1) is 0 Å². The monoisotopic (exact) mass is 329 g/mol. The van der Waals surface area contributed by atoms with Crippen LogP contribution in [0, 0.1) is 5.92 Å². The number of carboxylic acid groups (broad SMARTS) is 2. The third-order valence-electron chi connectivity index (χ3n) is 3.84. The number of hydrogen-bond acceptors (Lipinski definition) is 5. The molecule has 0 bridgehead atoms. The maximum atomic E-state index is 12.3. The number of carboxylic acids is 2. The predicted molar refractivity (Wildman–Crippen MR) is 79.4 cm³/mol. The Kier molecular flexibility index (Phi) is 6.49. The summed E-state index contributed by atoms with van der Waals surface area (Å²) in [6, 6.07) is -3.09. The van der Waals surface area contributed by atoms with Crippen molar-refractivity contribution in [3.63, 3.8) is 0 Å². The lowest BCUT2D eigenvalue weighted by atomic mass is 10.0. The van der Waals surface area contributed by atoms with E-state index in [1.165, 1.54) is 4.90 Å². The molecule has 3 atom stereocenters. The van der Waals surface area contributed by atoms with E-state index < -0.39 is 42.4 Å². The minimum absolute atomic E-state index is 0.0920. The molecule has 2 amide bonds. The van der Waals surface area contributed by atoms with Gasteiger partial charge in [-0.1, -0.05) is 13.8 Å². The van der Waals surface area contributed by atoms with Crippen LogP contribution in [0.15, 0.2) is 0 Å². The Morgan fingerprint density at radius 1 is 1.26 bits per heavy atom. The highest BCUT2D eigenvalue weighted by atomic mass is 16.4.